The van der Waals surface area contributed by atoms with Crippen LogP contribution >= 0.6 is 0 Å². The third-order valence-corrected chi connectivity index (χ3v) is 11.2. The Morgan fingerprint density at radius 1 is 0.446 bits per heavy atom. The van der Waals surface area contributed by atoms with Crippen molar-refractivity contribution in [1.82, 2.24) is 0 Å². The van der Waals surface area contributed by atoms with Crippen molar-refractivity contribution in [2.45, 2.75) is 245 Å². The van der Waals surface area contributed by atoms with E-state index in [9.17, 15) is 9.59 Å². The Kier molecular flexibility index (Phi) is 45.2. The van der Waals surface area contributed by atoms with E-state index in [1.165, 1.54) is 161 Å². The molecule has 0 aromatic rings. The monoisotopic (exact) mass is 799 g/mol. The Morgan fingerprint density at radius 2 is 0.857 bits per heavy atom. The minimum absolute atomic E-state index is 0.000447. The molecule has 8 nitrogen and oxygen atoms in total. The Labute approximate surface area is 347 Å². The number of aliphatic hydroxyl groups is 1. The summed E-state index contributed by atoms with van der Waals surface area (Å²) in [7, 11) is 0. The number of hydrogen-bond acceptors (Lipinski definition) is 7. The molecule has 0 bridgehead atoms. The zero-order chi connectivity index (χ0) is 40.8. The minimum atomic E-state index is -0.468. The number of unbranched alkanes of at least 4 members (excludes halogenated alkanes) is 26. The van der Waals surface area contributed by atoms with Gasteiger partial charge in [0.2, 0.25) is 0 Å². The average Bonchev–Trinajstić information content (AvgIpc) is 3.19. The summed E-state index contributed by atoms with van der Waals surface area (Å²) in [6.07, 6.45) is 39.6. The number of hydrogen-bond donors (Lipinski definition) is 2. The van der Waals surface area contributed by atoms with Crippen LogP contribution in [0.3, 0.4) is 0 Å². The molecule has 0 aliphatic rings. The van der Waals surface area contributed by atoms with E-state index in [4.69, 9.17) is 24.1 Å². The summed E-state index contributed by atoms with van der Waals surface area (Å²) in [6, 6.07) is 0. The highest BCUT2D eigenvalue weighted by Gasteiger charge is 2.15. The van der Waals surface area contributed by atoms with Crippen molar-refractivity contribution in [3.05, 3.63) is 0 Å². The summed E-state index contributed by atoms with van der Waals surface area (Å²) in [5, 5.41) is 9.07. The highest BCUT2D eigenvalue weighted by atomic mass is 16.7. The van der Waals surface area contributed by atoms with E-state index >= 15 is 0 Å². The van der Waals surface area contributed by atoms with Gasteiger partial charge >= 0.3 is 12.1 Å². The molecular formula is C48H96NO7+. The molecule has 0 radical (unpaired) electrons. The largest absolute Gasteiger partial charge is 0.508 e. The third-order valence-electron chi connectivity index (χ3n) is 11.2. The van der Waals surface area contributed by atoms with Crippen LogP contribution in [0.15, 0.2) is 0 Å². The van der Waals surface area contributed by atoms with Crippen LogP contribution in [0.5, 0.6) is 0 Å². The molecular weight excluding hydrogens is 703 g/mol. The predicted octanol–water partition coefficient (Wildman–Crippen LogP) is 12.3. The second-order valence-electron chi connectivity index (χ2n) is 16.6. The number of carbonyl (C=O) groups excluding carboxylic acids is 2. The number of carbonyl (C=O) groups is 2. The summed E-state index contributed by atoms with van der Waals surface area (Å²) in [6.45, 7) is 12.3. The van der Waals surface area contributed by atoms with Crippen molar-refractivity contribution < 1.29 is 38.5 Å². The minimum Gasteiger partial charge on any atom is -0.466 e. The Balaban J connectivity index is 4.05. The smallest absolute Gasteiger partial charge is 0.466 e. The van der Waals surface area contributed by atoms with E-state index in [1.54, 1.807) is 4.90 Å². The molecule has 0 spiro atoms. The fraction of sp³-hybridized carbons (Fsp3) is 0.958. The molecule has 0 saturated heterocycles. The van der Waals surface area contributed by atoms with Gasteiger partial charge in [-0.05, 0) is 70.6 Å². The van der Waals surface area contributed by atoms with Gasteiger partial charge in [0.1, 0.15) is 12.6 Å². The zero-order valence-corrected chi connectivity index (χ0v) is 37.7. The summed E-state index contributed by atoms with van der Waals surface area (Å²) in [5.74, 6) is -0.0222. The van der Waals surface area contributed by atoms with Crippen molar-refractivity contribution in [1.29, 1.82) is 0 Å². The molecule has 334 valence electrons. The zero-order valence-electron chi connectivity index (χ0n) is 37.7. The molecule has 2 N–H and O–H groups in total. The van der Waals surface area contributed by atoms with Gasteiger partial charge in [-0.25, -0.2) is 4.79 Å². The van der Waals surface area contributed by atoms with Crippen molar-refractivity contribution in [3.63, 3.8) is 0 Å². The summed E-state index contributed by atoms with van der Waals surface area (Å²) >= 11 is 0. The maximum atomic E-state index is 12.5. The van der Waals surface area contributed by atoms with E-state index in [2.05, 4.69) is 20.8 Å². The predicted molar refractivity (Wildman–Crippen MR) is 235 cm³/mol. The molecule has 0 aromatic heterocycles. The molecule has 0 aliphatic heterocycles. The molecule has 2 atom stereocenters. The highest BCUT2D eigenvalue weighted by molar-refractivity contribution is 5.69. The van der Waals surface area contributed by atoms with E-state index in [0.717, 1.165) is 70.8 Å². The molecule has 8 heteroatoms. The van der Waals surface area contributed by atoms with E-state index in [-0.39, 0.29) is 18.7 Å². The lowest BCUT2D eigenvalue weighted by molar-refractivity contribution is -0.901. The van der Waals surface area contributed by atoms with Gasteiger partial charge in [-0.3, -0.25) is 4.79 Å². The van der Waals surface area contributed by atoms with Crippen molar-refractivity contribution in [2.75, 3.05) is 52.7 Å². The number of quaternary nitrogens is 1. The standard InChI is InChI=1S/C48H95NO7/c1-4-7-10-13-15-16-17-22-29-36-46(35-28-12-9-6-3)56-48(52)55-43-34-27-21-19-25-32-39-49(40-44-53-45-41-50)38-31-24-18-20-26-33-42-54-47(51)37-30-23-14-11-8-5-2/h46,50H,4-45H2,1-3H3/p+1. The lowest BCUT2D eigenvalue weighted by Crippen LogP contribution is -3.12. The number of aliphatic hydroxyl groups excluding tert-OH is 1. The highest BCUT2D eigenvalue weighted by Crippen LogP contribution is 2.18. The summed E-state index contributed by atoms with van der Waals surface area (Å²) in [5.41, 5.74) is 0. The third kappa shape index (κ3) is 42.2. The Morgan fingerprint density at radius 3 is 1.36 bits per heavy atom. The number of esters is 1. The van der Waals surface area contributed by atoms with Gasteiger partial charge in [0, 0.05) is 6.42 Å². The van der Waals surface area contributed by atoms with E-state index < -0.39 is 6.16 Å². The van der Waals surface area contributed by atoms with Gasteiger partial charge in [0.15, 0.2) is 0 Å². The molecule has 2 unspecified atom stereocenters. The fourth-order valence-electron chi connectivity index (χ4n) is 7.50. The first-order valence-corrected chi connectivity index (χ1v) is 24.6. The average molecular weight is 799 g/mol. The van der Waals surface area contributed by atoms with Crippen LogP contribution in [-0.2, 0) is 23.7 Å². The van der Waals surface area contributed by atoms with Gasteiger partial charge in [0.25, 0.3) is 0 Å². The topological polar surface area (TPSA) is 95.7 Å². The van der Waals surface area contributed by atoms with E-state index in [0.29, 0.717) is 32.8 Å². The second-order valence-corrected chi connectivity index (χ2v) is 16.6. The molecule has 0 aliphatic carbocycles. The first kappa shape index (κ1) is 54.6. The van der Waals surface area contributed by atoms with Crippen LogP contribution in [0.1, 0.15) is 239 Å². The fourth-order valence-corrected chi connectivity index (χ4v) is 7.50. The maximum absolute atomic E-state index is 12.5. The number of rotatable bonds is 46. The van der Waals surface area contributed by atoms with Crippen molar-refractivity contribution >= 4 is 12.1 Å². The Bertz CT molecular complexity index is 797. The molecule has 0 fully saturated rings. The van der Waals surface area contributed by atoms with E-state index in [1.807, 2.05) is 0 Å². The van der Waals surface area contributed by atoms with Gasteiger partial charge in [-0.15, -0.1) is 0 Å². The maximum Gasteiger partial charge on any atom is 0.508 e. The normalized spacial score (nSPS) is 12.5. The molecule has 0 amide bonds. The Hall–Kier alpha value is -1.38. The van der Waals surface area contributed by atoms with Crippen molar-refractivity contribution in [3.8, 4) is 0 Å². The summed E-state index contributed by atoms with van der Waals surface area (Å²) in [4.78, 5) is 26.0. The van der Waals surface area contributed by atoms with Crippen molar-refractivity contribution in [2.24, 2.45) is 0 Å². The molecule has 0 heterocycles. The molecule has 0 aromatic carbocycles. The van der Waals surface area contributed by atoms with Crippen LogP contribution in [0, 0.1) is 0 Å². The number of ether oxygens (including phenoxy) is 4. The van der Waals surface area contributed by atoms with Gasteiger partial charge < -0.3 is 29.0 Å². The second kappa shape index (κ2) is 46.3. The van der Waals surface area contributed by atoms with Gasteiger partial charge in [0.05, 0.1) is 46.1 Å². The lowest BCUT2D eigenvalue weighted by Gasteiger charge is -2.19. The van der Waals surface area contributed by atoms with Gasteiger partial charge in [-0.1, -0.05) is 162 Å². The first-order valence-electron chi connectivity index (χ1n) is 24.6. The molecule has 0 saturated carbocycles. The lowest BCUT2D eigenvalue weighted by atomic mass is 10.0. The molecule has 56 heavy (non-hydrogen) atoms. The quantitative estimate of drug-likeness (QED) is 0.0468. The molecule has 0 rings (SSSR count). The summed E-state index contributed by atoms with van der Waals surface area (Å²) < 4.78 is 22.3. The van der Waals surface area contributed by atoms with Crippen LogP contribution in [0.2, 0.25) is 0 Å². The first-order chi connectivity index (χ1) is 27.6. The van der Waals surface area contributed by atoms with Crippen LogP contribution in [0.25, 0.3) is 0 Å². The SMILES string of the molecule is CCCCCCCCCCCC(CCCCCC)OC(=O)OCCCCCCCC[NH+](CCCCCCCCOC(=O)CCCCCCCC)CCOCCO. The number of nitrogens with one attached hydrogen (secondary N) is 1. The van der Waals surface area contributed by atoms with Gasteiger partial charge in [-0.2, -0.15) is 0 Å². The van der Waals surface area contributed by atoms with Crippen LogP contribution in [0.4, 0.5) is 4.79 Å². The van der Waals surface area contributed by atoms with Crippen LogP contribution in [-0.4, -0.2) is 76.0 Å². The van der Waals surface area contributed by atoms with Crippen LogP contribution < -0.4 is 4.90 Å².